The monoisotopic (exact) mass is 309 g/mol. The summed E-state index contributed by atoms with van der Waals surface area (Å²) in [7, 11) is -4.05. The molecule has 0 spiro atoms. The summed E-state index contributed by atoms with van der Waals surface area (Å²) in [4.78, 5) is 3.32. The van der Waals surface area contributed by atoms with Crippen LogP contribution in [0.5, 0.6) is 0 Å². The van der Waals surface area contributed by atoms with E-state index in [1.54, 1.807) is 6.07 Å². The van der Waals surface area contributed by atoms with Gasteiger partial charge >= 0.3 is 0 Å². The first kappa shape index (κ1) is 15.0. The van der Waals surface area contributed by atoms with Crippen molar-refractivity contribution in [3.8, 4) is 6.07 Å². The molecule has 0 saturated carbocycles. The van der Waals surface area contributed by atoms with Crippen molar-refractivity contribution in [2.45, 2.75) is 11.4 Å². The number of nitrogens with one attached hydrogen (secondary N) is 1. The van der Waals surface area contributed by atoms with Crippen molar-refractivity contribution in [2.75, 3.05) is 0 Å². The number of sulfonamides is 1. The van der Waals surface area contributed by atoms with E-state index >= 15 is 0 Å². The van der Waals surface area contributed by atoms with E-state index in [1.807, 2.05) is 0 Å². The summed E-state index contributed by atoms with van der Waals surface area (Å²) in [5.74, 6) is -1.41. The summed E-state index contributed by atoms with van der Waals surface area (Å²) < 4.78 is 52.7. The molecule has 0 atom stereocenters. The van der Waals surface area contributed by atoms with Crippen LogP contribution < -0.4 is 4.72 Å². The van der Waals surface area contributed by atoms with Crippen LogP contribution in [-0.2, 0) is 16.6 Å². The minimum Gasteiger partial charge on any atom is -0.244 e. The Balaban J connectivity index is 2.27. The van der Waals surface area contributed by atoms with Crippen molar-refractivity contribution in [3.63, 3.8) is 0 Å². The molecule has 0 radical (unpaired) electrons. The Morgan fingerprint density at radius 3 is 2.76 bits per heavy atom. The molecule has 1 aromatic carbocycles. The van der Waals surface area contributed by atoms with Gasteiger partial charge < -0.3 is 0 Å². The van der Waals surface area contributed by atoms with E-state index < -0.39 is 28.2 Å². The number of nitrogens with zero attached hydrogens (tertiary/aromatic N) is 2. The summed E-state index contributed by atoms with van der Waals surface area (Å²) in [5.41, 5.74) is -0.411. The predicted octanol–water partition coefficient (Wildman–Crippen LogP) is 1.71. The molecule has 0 aliphatic heterocycles. The van der Waals surface area contributed by atoms with Gasteiger partial charge in [0, 0.05) is 18.3 Å². The molecule has 0 saturated heterocycles. The van der Waals surface area contributed by atoms with Gasteiger partial charge in [0.05, 0.1) is 0 Å². The summed E-state index contributed by atoms with van der Waals surface area (Å²) in [6, 6.07) is 6.95. The van der Waals surface area contributed by atoms with E-state index in [1.165, 1.54) is 18.3 Å². The molecule has 1 aromatic heterocycles. The zero-order chi connectivity index (χ0) is 15.5. The number of hydrogen-bond donors (Lipinski definition) is 1. The van der Waals surface area contributed by atoms with Crippen LogP contribution in [0.2, 0.25) is 0 Å². The van der Waals surface area contributed by atoms with Crippen molar-refractivity contribution in [1.29, 1.82) is 5.26 Å². The van der Waals surface area contributed by atoms with Crippen molar-refractivity contribution in [1.82, 2.24) is 9.71 Å². The first-order chi connectivity index (χ1) is 9.94. The normalized spacial score (nSPS) is 11.1. The fraction of sp³-hybridized carbons (Fsp3) is 0.0769. The highest BCUT2D eigenvalue weighted by Gasteiger charge is 2.19. The Morgan fingerprint density at radius 1 is 1.29 bits per heavy atom. The van der Waals surface area contributed by atoms with Crippen molar-refractivity contribution < 1.29 is 17.2 Å². The molecule has 0 fully saturated rings. The lowest BCUT2D eigenvalue weighted by Crippen LogP contribution is -2.25. The van der Waals surface area contributed by atoms with Gasteiger partial charge in [-0.1, -0.05) is 0 Å². The second-order valence-corrected chi connectivity index (χ2v) is 5.76. The van der Waals surface area contributed by atoms with E-state index in [4.69, 9.17) is 5.26 Å². The average molecular weight is 309 g/mol. The molecule has 1 N–H and O–H groups in total. The summed E-state index contributed by atoms with van der Waals surface area (Å²) in [6.07, 6.45) is 1.28. The van der Waals surface area contributed by atoms with Crippen molar-refractivity contribution in [2.24, 2.45) is 0 Å². The molecule has 0 bridgehead atoms. The first-order valence-electron chi connectivity index (χ1n) is 5.73. The van der Waals surface area contributed by atoms with Crippen LogP contribution in [0, 0.1) is 23.0 Å². The van der Waals surface area contributed by atoms with E-state index in [-0.39, 0.29) is 16.2 Å². The van der Waals surface area contributed by atoms with E-state index in [0.717, 1.165) is 18.2 Å². The molecular weight excluding hydrogens is 300 g/mol. The molecule has 5 nitrogen and oxygen atoms in total. The summed E-state index contributed by atoms with van der Waals surface area (Å²) in [5, 5.41) is 8.83. The number of aromatic nitrogens is 1. The summed E-state index contributed by atoms with van der Waals surface area (Å²) in [6.45, 7) is -0.439. The second-order valence-electron chi connectivity index (χ2n) is 4.02. The van der Waals surface area contributed by atoms with Gasteiger partial charge in [-0.15, -0.1) is 0 Å². The standard InChI is InChI=1S/C13H9F2N3O2S/c14-10-3-4-11(15)9(6-10)8-18-21(19,20)13-2-1-5-17-12(13)7-16/h1-6,18H,8H2. The molecule has 2 aromatic rings. The number of hydrogen-bond acceptors (Lipinski definition) is 4. The Morgan fingerprint density at radius 2 is 2.05 bits per heavy atom. The maximum absolute atomic E-state index is 13.4. The molecule has 0 amide bonds. The topological polar surface area (TPSA) is 82.8 Å². The minimum absolute atomic E-state index is 0.138. The molecule has 0 unspecified atom stereocenters. The maximum atomic E-state index is 13.4. The largest absolute Gasteiger partial charge is 0.244 e. The first-order valence-corrected chi connectivity index (χ1v) is 7.21. The summed E-state index contributed by atoms with van der Waals surface area (Å²) >= 11 is 0. The van der Waals surface area contributed by atoms with Gasteiger partial charge in [-0.05, 0) is 30.3 Å². The maximum Gasteiger partial charge on any atom is 0.243 e. The molecule has 108 valence electrons. The Labute approximate surface area is 119 Å². The Kier molecular flexibility index (Phi) is 4.26. The number of benzene rings is 1. The number of pyridine rings is 1. The third-order valence-corrected chi connectivity index (χ3v) is 4.06. The zero-order valence-electron chi connectivity index (χ0n) is 10.5. The van der Waals surface area contributed by atoms with E-state index in [9.17, 15) is 17.2 Å². The number of nitriles is 1. The van der Waals surface area contributed by atoms with Crippen LogP contribution in [0.4, 0.5) is 8.78 Å². The molecule has 21 heavy (non-hydrogen) atoms. The lowest BCUT2D eigenvalue weighted by molar-refractivity contribution is 0.566. The molecular formula is C13H9F2N3O2S. The lowest BCUT2D eigenvalue weighted by atomic mass is 10.2. The van der Waals surface area contributed by atoms with Gasteiger partial charge in [0.25, 0.3) is 0 Å². The second kappa shape index (κ2) is 5.95. The highest BCUT2D eigenvalue weighted by Crippen LogP contribution is 2.14. The predicted molar refractivity (Wildman–Crippen MR) is 69.3 cm³/mol. The Hall–Kier alpha value is -2.37. The van der Waals surface area contributed by atoms with Gasteiger partial charge in [-0.25, -0.2) is 26.9 Å². The van der Waals surface area contributed by atoms with Crippen LogP contribution in [0.25, 0.3) is 0 Å². The number of halogens is 2. The van der Waals surface area contributed by atoms with Crippen LogP contribution in [0.3, 0.4) is 0 Å². The van der Waals surface area contributed by atoms with Crippen LogP contribution in [0.15, 0.2) is 41.4 Å². The lowest BCUT2D eigenvalue weighted by Gasteiger charge is -2.08. The highest BCUT2D eigenvalue weighted by molar-refractivity contribution is 7.89. The van der Waals surface area contributed by atoms with E-state index in [2.05, 4.69) is 9.71 Å². The molecule has 0 aliphatic carbocycles. The molecule has 8 heteroatoms. The molecule has 2 rings (SSSR count). The van der Waals surface area contributed by atoms with Gasteiger partial charge in [0.1, 0.15) is 22.6 Å². The fourth-order valence-corrected chi connectivity index (χ4v) is 2.73. The third-order valence-electron chi connectivity index (χ3n) is 2.63. The van der Waals surface area contributed by atoms with Crippen LogP contribution in [0.1, 0.15) is 11.3 Å². The molecule has 0 aliphatic rings. The number of rotatable bonds is 4. The average Bonchev–Trinajstić information content (AvgIpc) is 2.48. The zero-order valence-corrected chi connectivity index (χ0v) is 11.4. The SMILES string of the molecule is N#Cc1ncccc1S(=O)(=O)NCc1cc(F)ccc1F. The van der Waals surface area contributed by atoms with Gasteiger partial charge in [-0.3, -0.25) is 0 Å². The van der Waals surface area contributed by atoms with Gasteiger partial charge in [-0.2, -0.15) is 5.26 Å². The van der Waals surface area contributed by atoms with Crippen LogP contribution >= 0.6 is 0 Å². The van der Waals surface area contributed by atoms with Crippen molar-refractivity contribution >= 4 is 10.0 Å². The minimum atomic E-state index is -4.05. The van der Waals surface area contributed by atoms with Gasteiger partial charge in [0.15, 0.2) is 5.69 Å². The Bertz CT molecular complexity index is 816. The quantitative estimate of drug-likeness (QED) is 0.932. The van der Waals surface area contributed by atoms with Gasteiger partial charge in [0.2, 0.25) is 10.0 Å². The third kappa shape index (κ3) is 3.39. The smallest absolute Gasteiger partial charge is 0.243 e. The highest BCUT2D eigenvalue weighted by atomic mass is 32.2. The van der Waals surface area contributed by atoms with Crippen molar-refractivity contribution in [3.05, 3.63) is 59.4 Å². The molecule has 1 heterocycles. The van der Waals surface area contributed by atoms with Crippen LogP contribution in [-0.4, -0.2) is 13.4 Å². The van der Waals surface area contributed by atoms with E-state index in [0.29, 0.717) is 0 Å². The fourth-order valence-electron chi connectivity index (χ4n) is 1.62.